The maximum Gasteiger partial charge on any atom is 0.338 e. The average Bonchev–Trinajstić information content (AvgIpc) is 3.50. The maximum atomic E-state index is 14.5. The Hall–Kier alpha value is -6.22. The highest BCUT2D eigenvalue weighted by atomic mass is 16.8. The first kappa shape index (κ1) is 59.9. The number of hydrogen-bond acceptors (Lipinski definition) is 16. The number of rotatable bonds is 23. The number of aliphatic hydroxyl groups excluding tert-OH is 1. The molecule has 2 N–H and O–H groups in total. The molecule has 6 aromatic carbocycles. The van der Waals surface area contributed by atoms with Gasteiger partial charge < -0.3 is 67.1 Å². The molecule has 0 spiro atoms. The number of esters is 2. The summed E-state index contributed by atoms with van der Waals surface area (Å²) in [6, 6.07) is 55.2. The van der Waals surface area contributed by atoms with Crippen LogP contribution >= 0.6 is 0 Å². The van der Waals surface area contributed by atoms with Crippen LogP contribution < -0.4 is 0 Å². The minimum absolute atomic E-state index is 0.0381. The molecule has 4 aliphatic rings. The van der Waals surface area contributed by atoms with Crippen LogP contribution in [0.15, 0.2) is 182 Å². The minimum atomic E-state index is -2.10. The van der Waals surface area contributed by atoms with E-state index in [0.717, 1.165) is 54.4 Å². The smallest absolute Gasteiger partial charge is 0.338 e. The summed E-state index contributed by atoms with van der Waals surface area (Å²) in [7, 11) is 0. The molecule has 0 bridgehead atoms. The van der Waals surface area contributed by atoms with Crippen molar-refractivity contribution in [2.75, 3.05) is 6.61 Å². The van der Waals surface area contributed by atoms with Gasteiger partial charge in [0.1, 0.15) is 48.3 Å². The van der Waals surface area contributed by atoms with Crippen LogP contribution in [-0.2, 0) is 83.3 Å². The molecule has 440 valence electrons. The van der Waals surface area contributed by atoms with Gasteiger partial charge >= 0.3 is 11.9 Å². The van der Waals surface area contributed by atoms with Crippen molar-refractivity contribution in [3.8, 4) is 0 Å². The van der Waals surface area contributed by atoms with E-state index in [-0.39, 0.29) is 50.3 Å². The first-order valence-electron chi connectivity index (χ1n) is 28.9. The molecule has 15 atom stereocenters. The van der Waals surface area contributed by atoms with E-state index >= 15 is 0 Å². The Morgan fingerprint density at radius 2 is 0.904 bits per heavy atom. The first-order chi connectivity index (χ1) is 40.5. The van der Waals surface area contributed by atoms with Crippen molar-refractivity contribution >= 4 is 11.9 Å². The molecule has 3 heterocycles. The average molecular weight is 1140 g/mol. The molecule has 0 amide bonds. The van der Waals surface area contributed by atoms with Crippen LogP contribution in [0.2, 0.25) is 0 Å². The summed E-state index contributed by atoms with van der Waals surface area (Å²) in [6.07, 6.45) is -13.3. The molecular formula is C67H76O16. The van der Waals surface area contributed by atoms with Gasteiger partial charge in [-0.3, -0.25) is 0 Å². The molecular weight excluding hydrogens is 1060 g/mol. The quantitative estimate of drug-likeness (QED) is 0.0577. The van der Waals surface area contributed by atoms with Gasteiger partial charge in [0.25, 0.3) is 0 Å². The van der Waals surface area contributed by atoms with E-state index in [0.29, 0.717) is 0 Å². The number of carbonyl (C=O) groups excluding carboxylic acids is 2. The standard InChI is InChI=1S/C67H76O16/c1-44-55(73-40-47-27-13-5-14-28-47)54(68)57(80-62(69)50-33-19-8-20-34-50)64(76-44)83-61-66(79-53(43-72-39-46-25-11-4-12-26-46)60(67(61,3)71)75-42-49-31-17-7-18-32-49)82-58-56(74-41-48-29-15-6-16-30-48)45(2)77-65(78-52-37-23-10-24-38-52)59(58)81-63(70)51-35-21-9-22-36-51/h4-9,11-22,25-36,44-45,52-61,64-66,68,71H,10,23-24,37-43H2,1-3H3/t44-,45+,53-,54+,55-,56+,57+,58-,59-,60-,61-,64-,65+,66-,67+/m1/s1. The topological polar surface area (TPSA) is 185 Å². The molecule has 4 fully saturated rings. The molecule has 3 aliphatic heterocycles. The normalized spacial score (nSPS) is 30.3. The molecule has 10 rings (SSSR count). The van der Waals surface area contributed by atoms with E-state index in [4.69, 9.17) is 56.8 Å². The zero-order chi connectivity index (χ0) is 57.5. The van der Waals surface area contributed by atoms with Crippen LogP contribution in [0.25, 0.3) is 0 Å². The van der Waals surface area contributed by atoms with Crippen molar-refractivity contribution in [1.29, 1.82) is 0 Å². The molecule has 16 nitrogen and oxygen atoms in total. The Labute approximate surface area is 485 Å². The summed E-state index contributed by atoms with van der Waals surface area (Å²) in [6.45, 7) is 5.45. The number of benzene rings is 6. The predicted octanol–water partition coefficient (Wildman–Crippen LogP) is 9.86. The zero-order valence-corrected chi connectivity index (χ0v) is 47.2. The molecule has 3 saturated heterocycles. The van der Waals surface area contributed by atoms with E-state index in [9.17, 15) is 19.8 Å². The summed E-state index contributed by atoms with van der Waals surface area (Å²) in [5.41, 5.74) is 1.79. The summed E-state index contributed by atoms with van der Waals surface area (Å²) >= 11 is 0. The van der Waals surface area contributed by atoms with Crippen LogP contribution in [0.3, 0.4) is 0 Å². The fraction of sp³-hybridized carbons (Fsp3) is 0.433. The SMILES string of the molecule is C[C@@H]1O[C@@H](OC2CCCCC2)[C@H](OC(=O)c2ccccc2)[C@H](O[C@H]2O[C@H](COCc3ccccc3)[C@@H](OCc3ccccc3)[C@](C)(O)[C@@H]2O[C@H]2O[C@H](C)[C@@H](OCc3ccccc3)[C@H](O)[C@@H]2OC(=O)c2ccccc2)[C@H]1OCc1ccccc1. The monoisotopic (exact) mass is 1140 g/mol. The second-order valence-corrected chi connectivity index (χ2v) is 21.9. The predicted molar refractivity (Wildman–Crippen MR) is 304 cm³/mol. The second kappa shape index (κ2) is 29.0. The molecule has 1 saturated carbocycles. The number of ether oxygens (including phenoxy) is 12. The van der Waals surface area contributed by atoms with Gasteiger partial charge in [0.15, 0.2) is 31.1 Å². The number of aliphatic hydroxyl groups is 2. The van der Waals surface area contributed by atoms with Crippen molar-refractivity contribution in [3.63, 3.8) is 0 Å². The largest absolute Gasteiger partial charge is 0.450 e. The highest BCUT2D eigenvalue weighted by Crippen LogP contribution is 2.42. The van der Waals surface area contributed by atoms with Gasteiger partial charge in [-0.1, -0.05) is 177 Å². The van der Waals surface area contributed by atoms with Crippen LogP contribution in [0.4, 0.5) is 0 Å². The van der Waals surface area contributed by atoms with E-state index in [2.05, 4.69) is 0 Å². The van der Waals surface area contributed by atoms with Gasteiger partial charge in [-0.25, -0.2) is 9.59 Å². The van der Waals surface area contributed by atoms with Gasteiger partial charge in [0.2, 0.25) is 0 Å². The van der Waals surface area contributed by atoms with E-state index in [1.807, 2.05) is 128 Å². The lowest BCUT2D eigenvalue weighted by atomic mass is 9.85. The van der Waals surface area contributed by atoms with Crippen LogP contribution in [-0.4, -0.2) is 126 Å². The minimum Gasteiger partial charge on any atom is -0.450 e. The lowest BCUT2D eigenvalue weighted by Crippen LogP contribution is -2.71. The molecule has 6 aromatic rings. The first-order valence-corrected chi connectivity index (χ1v) is 28.9. The third kappa shape index (κ3) is 15.6. The Morgan fingerprint density at radius 3 is 1.42 bits per heavy atom. The van der Waals surface area contributed by atoms with Crippen molar-refractivity contribution in [3.05, 3.63) is 215 Å². The Morgan fingerprint density at radius 1 is 0.470 bits per heavy atom. The Bertz CT molecular complexity index is 2880. The van der Waals surface area contributed by atoms with Crippen molar-refractivity contribution in [1.82, 2.24) is 0 Å². The van der Waals surface area contributed by atoms with E-state index in [1.54, 1.807) is 74.5 Å². The molecule has 0 aromatic heterocycles. The Balaban J connectivity index is 1.06. The summed E-state index contributed by atoms with van der Waals surface area (Å²) in [4.78, 5) is 28.7. The fourth-order valence-electron chi connectivity index (χ4n) is 11.3. The van der Waals surface area contributed by atoms with Crippen LogP contribution in [0.5, 0.6) is 0 Å². The lowest BCUT2D eigenvalue weighted by Gasteiger charge is -2.53. The van der Waals surface area contributed by atoms with Crippen molar-refractivity contribution in [2.45, 2.75) is 177 Å². The summed E-state index contributed by atoms with van der Waals surface area (Å²) in [5, 5.41) is 26.1. The second-order valence-electron chi connectivity index (χ2n) is 21.9. The number of hydrogen-bond donors (Lipinski definition) is 2. The van der Waals surface area contributed by atoms with Crippen molar-refractivity contribution < 1.29 is 76.6 Å². The third-order valence-corrected chi connectivity index (χ3v) is 15.7. The highest BCUT2D eigenvalue weighted by molar-refractivity contribution is 5.90. The molecule has 1 aliphatic carbocycles. The van der Waals surface area contributed by atoms with E-state index < -0.39 is 104 Å². The van der Waals surface area contributed by atoms with Gasteiger partial charge in [0, 0.05) is 0 Å². The van der Waals surface area contributed by atoms with Gasteiger partial charge in [-0.15, -0.1) is 0 Å². The molecule has 0 unspecified atom stereocenters. The highest BCUT2D eigenvalue weighted by Gasteiger charge is 2.61. The van der Waals surface area contributed by atoms with Gasteiger partial charge in [-0.2, -0.15) is 0 Å². The maximum absolute atomic E-state index is 14.5. The molecule has 16 heteroatoms. The van der Waals surface area contributed by atoms with Crippen LogP contribution in [0, 0.1) is 0 Å². The summed E-state index contributed by atoms with van der Waals surface area (Å²) in [5.74, 6) is -1.44. The van der Waals surface area contributed by atoms with E-state index in [1.165, 1.54) is 0 Å². The Kier molecular flexibility index (Phi) is 21.0. The summed E-state index contributed by atoms with van der Waals surface area (Å²) < 4.78 is 81.1. The fourth-order valence-corrected chi connectivity index (χ4v) is 11.3. The van der Waals surface area contributed by atoms with Gasteiger partial charge in [-0.05, 0) is 80.1 Å². The molecule has 0 radical (unpaired) electrons. The lowest BCUT2D eigenvalue weighted by molar-refractivity contribution is -0.406. The van der Waals surface area contributed by atoms with Gasteiger partial charge in [0.05, 0.1) is 62.5 Å². The zero-order valence-electron chi connectivity index (χ0n) is 47.2. The third-order valence-electron chi connectivity index (χ3n) is 15.7. The molecule has 83 heavy (non-hydrogen) atoms. The van der Waals surface area contributed by atoms with Crippen LogP contribution in [0.1, 0.15) is 95.8 Å². The number of carbonyl (C=O) groups is 2. The van der Waals surface area contributed by atoms with Crippen molar-refractivity contribution in [2.24, 2.45) is 0 Å².